The first-order chi connectivity index (χ1) is 7.20. The van der Waals surface area contributed by atoms with Gasteiger partial charge >= 0.3 is 0 Å². The van der Waals surface area contributed by atoms with E-state index in [2.05, 4.69) is 17.0 Å². The Balaban J connectivity index is 2.20. The fourth-order valence-electron chi connectivity index (χ4n) is 2.38. The summed E-state index contributed by atoms with van der Waals surface area (Å²) in [6.45, 7) is 2.18. The fraction of sp³-hybridized carbons (Fsp3) is 0.727. The third-order valence-electron chi connectivity index (χ3n) is 3.28. The van der Waals surface area contributed by atoms with Crippen molar-refractivity contribution in [2.75, 3.05) is 0 Å². The maximum atomic E-state index is 11.5. The third kappa shape index (κ3) is 2.08. The topological polar surface area (TPSA) is 47.8 Å². The number of carbonyl (C=O) groups excluding carboxylic acids is 1. The smallest absolute Gasteiger partial charge is 0.154 e. The van der Waals surface area contributed by atoms with Crippen molar-refractivity contribution < 1.29 is 4.79 Å². The van der Waals surface area contributed by atoms with Gasteiger partial charge in [0.05, 0.1) is 0 Å². The van der Waals surface area contributed by atoms with Crippen LogP contribution in [-0.4, -0.2) is 20.5 Å². The van der Waals surface area contributed by atoms with E-state index in [9.17, 15) is 4.79 Å². The summed E-state index contributed by atoms with van der Waals surface area (Å²) < 4.78 is 1.71. The molecule has 2 unspecified atom stereocenters. The molecule has 1 aromatic rings. The van der Waals surface area contributed by atoms with E-state index in [4.69, 9.17) is 0 Å². The van der Waals surface area contributed by atoms with Crippen molar-refractivity contribution in [2.45, 2.75) is 38.5 Å². The van der Waals surface area contributed by atoms with Crippen molar-refractivity contribution in [1.82, 2.24) is 14.8 Å². The minimum absolute atomic E-state index is 0.248. The zero-order valence-electron chi connectivity index (χ0n) is 9.31. The van der Waals surface area contributed by atoms with Crippen molar-refractivity contribution in [3.05, 3.63) is 12.2 Å². The van der Waals surface area contributed by atoms with E-state index in [0.29, 0.717) is 18.1 Å². The maximum Gasteiger partial charge on any atom is 0.154 e. The molecule has 0 bridgehead atoms. The molecule has 0 amide bonds. The number of aryl methyl sites for hydroxylation is 1. The molecule has 0 aromatic carbocycles. The van der Waals surface area contributed by atoms with Crippen molar-refractivity contribution in [3.63, 3.8) is 0 Å². The fourth-order valence-corrected chi connectivity index (χ4v) is 2.38. The Morgan fingerprint density at radius 2 is 2.40 bits per heavy atom. The van der Waals surface area contributed by atoms with Crippen LogP contribution in [0.2, 0.25) is 0 Å². The molecule has 1 fully saturated rings. The Bertz CT molecular complexity index is 358. The lowest BCUT2D eigenvalue weighted by Gasteiger charge is -2.27. The van der Waals surface area contributed by atoms with E-state index in [-0.39, 0.29) is 5.92 Å². The highest BCUT2D eigenvalue weighted by Gasteiger charge is 2.31. The Morgan fingerprint density at radius 1 is 1.60 bits per heavy atom. The molecule has 2 atom stereocenters. The lowest BCUT2D eigenvalue weighted by atomic mass is 9.77. The summed E-state index contributed by atoms with van der Waals surface area (Å²) in [4.78, 5) is 15.7. The van der Waals surface area contributed by atoms with Crippen LogP contribution >= 0.6 is 0 Å². The van der Waals surface area contributed by atoms with Crippen LogP contribution in [0.4, 0.5) is 0 Å². The van der Waals surface area contributed by atoms with Crippen LogP contribution in [0.5, 0.6) is 0 Å². The van der Waals surface area contributed by atoms with Gasteiger partial charge in [0.15, 0.2) is 5.82 Å². The van der Waals surface area contributed by atoms with Crippen LogP contribution in [0.25, 0.3) is 0 Å². The molecule has 4 heteroatoms. The number of rotatable bonds is 2. The normalized spacial score (nSPS) is 26.9. The lowest BCUT2D eigenvalue weighted by molar-refractivity contribution is -0.121. The number of carbonyl (C=O) groups is 1. The highest BCUT2D eigenvalue weighted by molar-refractivity contribution is 5.80. The lowest BCUT2D eigenvalue weighted by Crippen LogP contribution is -2.24. The first-order valence-electron chi connectivity index (χ1n) is 5.58. The predicted molar refractivity (Wildman–Crippen MR) is 56.4 cm³/mol. The van der Waals surface area contributed by atoms with E-state index < -0.39 is 0 Å². The Hall–Kier alpha value is -1.19. The van der Waals surface area contributed by atoms with E-state index in [1.165, 1.54) is 0 Å². The summed E-state index contributed by atoms with van der Waals surface area (Å²) in [7, 11) is 1.86. The quantitative estimate of drug-likeness (QED) is 0.741. The van der Waals surface area contributed by atoms with E-state index in [1.54, 1.807) is 11.0 Å². The van der Waals surface area contributed by atoms with Gasteiger partial charge in [0.25, 0.3) is 0 Å². The SMILES string of the molecule is CCC1CCC(=O)CC1c1ncn(C)n1. The van der Waals surface area contributed by atoms with Crippen LogP contribution in [0.3, 0.4) is 0 Å². The second-order valence-corrected chi connectivity index (χ2v) is 4.33. The minimum Gasteiger partial charge on any atom is -0.300 e. The molecule has 0 radical (unpaired) electrons. The maximum absolute atomic E-state index is 11.5. The molecule has 82 valence electrons. The van der Waals surface area contributed by atoms with Gasteiger partial charge in [-0.05, 0) is 12.3 Å². The van der Waals surface area contributed by atoms with Gasteiger partial charge in [-0.25, -0.2) is 4.98 Å². The molecule has 0 saturated heterocycles. The zero-order valence-corrected chi connectivity index (χ0v) is 9.31. The van der Waals surface area contributed by atoms with E-state index >= 15 is 0 Å². The summed E-state index contributed by atoms with van der Waals surface area (Å²) in [5.74, 6) is 2.03. The van der Waals surface area contributed by atoms with Gasteiger partial charge in [-0.3, -0.25) is 9.48 Å². The Morgan fingerprint density at radius 3 is 3.00 bits per heavy atom. The summed E-state index contributed by atoms with van der Waals surface area (Å²) in [5.41, 5.74) is 0. The standard InChI is InChI=1S/C11H17N3O/c1-3-8-4-5-9(15)6-10(8)11-12-7-14(2)13-11/h7-8,10H,3-6H2,1-2H3. The molecule has 1 aliphatic carbocycles. The molecule has 0 aliphatic heterocycles. The van der Waals surface area contributed by atoms with Gasteiger partial charge in [0.2, 0.25) is 0 Å². The number of aromatic nitrogens is 3. The monoisotopic (exact) mass is 207 g/mol. The Labute approximate surface area is 89.7 Å². The molecular formula is C11H17N3O. The van der Waals surface area contributed by atoms with Gasteiger partial charge < -0.3 is 0 Å². The first-order valence-corrected chi connectivity index (χ1v) is 5.58. The molecule has 1 heterocycles. The number of nitrogens with zero attached hydrogens (tertiary/aromatic N) is 3. The molecule has 1 aliphatic rings. The summed E-state index contributed by atoms with van der Waals surface area (Å²) in [6.07, 6.45) is 5.18. The number of Topliss-reactive ketones (excluding diaryl/α,β-unsaturated/α-hetero) is 1. The Kier molecular flexibility index (Phi) is 2.84. The second kappa shape index (κ2) is 4.13. The molecule has 15 heavy (non-hydrogen) atoms. The predicted octanol–water partition coefficient (Wildman–Crippen LogP) is 1.68. The third-order valence-corrected chi connectivity index (χ3v) is 3.28. The highest BCUT2D eigenvalue weighted by Crippen LogP contribution is 2.36. The average Bonchev–Trinajstić information content (AvgIpc) is 2.65. The molecule has 0 N–H and O–H groups in total. The summed E-state index contributed by atoms with van der Waals surface area (Å²) >= 11 is 0. The van der Waals surface area contributed by atoms with Crippen LogP contribution in [0.15, 0.2) is 6.33 Å². The average molecular weight is 207 g/mol. The second-order valence-electron chi connectivity index (χ2n) is 4.33. The largest absolute Gasteiger partial charge is 0.300 e. The van der Waals surface area contributed by atoms with Crippen LogP contribution in [0.1, 0.15) is 44.3 Å². The van der Waals surface area contributed by atoms with Gasteiger partial charge in [-0.1, -0.05) is 13.3 Å². The number of ketones is 1. The van der Waals surface area contributed by atoms with Gasteiger partial charge in [-0.2, -0.15) is 5.10 Å². The van der Waals surface area contributed by atoms with Crippen LogP contribution in [0, 0.1) is 5.92 Å². The highest BCUT2D eigenvalue weighted by atomic mass is 16.1. The van der Waals surface area contributed by atoms with E-state index in [0.717, 1.165) is 25.1 Å². The molecule has 2 rings (SSSR count). The van der Waals surface area contributed by atoms with Gasteiger partial charge in [0.1, 0.15) is 12.1 Å². The van der Waals surface area contributed by atoms with Crippen LogP contribution in [-0.2, 0) is 11.8 Å². The molecule has 1 aromatic heterocycles. The molecular weight excluding hydrogens is 190 g/mol. The van der Waals surface area contributed by atoms with Crippen molar-refractivity contribution >= 4 is 5.78 Å². The first kappa shape index (κ1) is 10.3. The van der Waals surface area contributed by atoms with Crippen molar-refractivity contribution in [1.29, 1.82) is 0 Å². The van der Waals surface area contributed by atoms with Crippen molar-refractivity contribution in [2.24, 2.45) is 13.0 Å². The molecule has 1 saturated carbocycles. The molecule has 0 spiro atoms. The minimum atomic E-state index is 0.248. The summed E-state index contributed by atoms with van der Waals surface area (Å²) in [5, 5.41) is 4.32. The number of hydrogen-bond donors (Lipinski definition) is 0. The van der Waals surface area contributed by atoms with Gasteiger partial charge in [-0.15, -0.1) is 0 Å². The van der Waals surface area contributed by atoms with E-state index in [1.807, 2.05) is 7.05 Å². The van der Waals surface area contributed by atoms with Gasteiger partial charge in [0, 0.05) is 25.8 Å². The van der Waals surface area contributed by atoms with Crippen molar-refractivity contribution in [3.8, 4) is 0 Å². The van der Waals surface area contributed by atoms with Crippen LogP contribution < -0.4 is 0 Å². The molecule has 4 nitrogen and oxygen atoms in total. The zero-order chi connectivity index (χ0) is 10.8. The summed E-state index contributed by atoms with van der Waals surface area (Å²) in [6, 6.07) is 0. The number of hydrogen-bond acceptors (Lipinski definition) is 3.